The molecule has 0 radical (unpaired) electrons. The third-order valence-corrected chi connectivity index (χ3v) is 5.46. The Labute approximate surface area is 182 Å². The highest BCUT2D eigenvalue weighted by molar-refractivity contribution is 9.10. The number of phenols is 1. The third kappa shape index (κ3) is 3.94. The maximum Gasteiger partial charge on any atom is 0.270 e. The van der Waals surface area contributed by atoms with Crippen molar-refractivity contribution in [1.82, 2.24) is 5.32 Å². The fourth-order valence-corrected chi connectivity index (χ4v) is 4.18. The highest BCUT2D eigenvalue weighted by Gasteiger charge is 2.35. The van der Waals surface area contributed by atoms with Gasteiger partial charge in [-0.3, -0.25) is 19.8 Å². The summed E-state index contributed by atoms with van der Waals surface area (Å²) in [5, 5.41) is 13.0. The molecule has 0 unspecified atom stereocenters. The largest absolute Gasteiger partial charge is 0.506 e. The van der Waals surface area contributed by atoms with Gasteiger partial charge in [-0.2, -0.15) is 0 Å². The minimum absolute atomic E-state index is 0.0101. The van der Waals surface area contributed by atoms with Crippen LogP contribution < -0.4 is 10.2 Å². The number of anilines is 1. The molecule has 2 aromatic rings. The summed E-state index contributed by atoms with van der Waals surface area (Å²) in [5.41, 5.74) is 1.41. The number of thiocarbonyl (C=S) groups is 1. The number of amides is 2. The summed E-state index contributed by atoms with van der Waals surface area (Å²) >= 11 is 17.8. The fraction of sp³-hybridized carbons (Fsp3) is 0.0556. The standard InChI is InChI=1S/C18H11Br2ClN2O3S/c1-8-4-10(19)2-3-14(8)23-17(26)12(16(25)22-18(23)27)6-9-5-11(21)7-13(20)15(9)24/h2-7,24H,1H3,(H,22,25,27)/b12-6-. The number of hydrogen-bond acceptors (Lipinski definition) is 4. The molecule has 0 aromatic heterocycles. The number of carbonyl (C=O) groups is 2. The van der Waals surface area contributed by atoms with Gasteiger partial charge in [0, 0.05) is 15.1 Å². The van der Waals surface area contributed by atoms with Crippen molar-refractivity contribution in [2.75, 3.05) is 4.90 Å². The second-order valence-electron chi connectivity index (χ2n) is 5.71. The van der Waals surface area contributed by atoms with E-state index in [1.165, 1.54) is 23.1 Å². The van der Waals surface area contributed by atoms with Crippen molar-refractivity contribution in [2.24, 2.45) is 0 Å². The number of aromatic hydroxyl groups is 1. The van der Waals surface area contributed by atoms with E-state index in [0.717, 1.165) is 10.0 Å². The number of nitrogens with zero attached hydrogens (tertiary/aromatic N) is 1. The van der Waals surface area contributed by atoms with Gasteiger partial charge in [-0.1, -0.05) is 27.5 Å². The van der Waals surface area contributed by atoms with Gasteiger partial charge in [-0.15, -0.1) is 0 Å². The Morgan fingerprint density at radius 3 is 2.59 bits per heavy atom. The van der Waals surface area contributed by atoms with Crippen molar-refractivity contribution in [3.8, 4) is 5.75 Å². The van der Waals surface area contributed by atoms with E-state index in [1.54, 1.807) is 12.1 Å². The van der Waals surface area contributed by atoms with Crippen molar-refractivity contribution in [3.05, 3.63) is 61.0 Å². The highest BCUT2D eigenvalue weighted by atomic mass is 79.9. The molecule has 0 saturated carbocycles. The zero-order chi connectivity index (χ0) is 19.9. The molecule has 1 fully saturated rings. The van der Waals surface area contributed by atoms with Crippen molar-refractivity contribution in [2.45, 2.75) is 6.92 Å². The maximum atomic E-state index is 13.0. The Morgan fingerprint density at radius 2 is 1.93 bits per heavy atom. The molecule has 3 rings (SSSR count). The van der Waals surface area contributed by atoms with Gasteiger partial charge in [0.25, 0.3) is 11.8 Å². The van der Waals surface area contributed by atoms with Gasteiger partial charge < -0.3 is 5.11 Å². The van der Waals surface area contributed by atoms with Crippen LogP contribution in [0.3, 0.4) is 0 Å². The second-order valence-corrected chi connectivity index (χ2v) is 8.31. The molecule has 9 heteroatoms. The molecule has 1 aliphatic rings. The SMILES string of the molecule is Cc1cc(Br)ccc1N1C(=O)/C(=C\c2cc(Cl)cc(Br)c2O)C(=O)NC1=S. The minimum atomic E-state index is -0.647. The van der Waals surface area contributed by atoms with Crippen molar-refractivity contribution < 1.29 is 14.7 Å². The number of carbonyl (C=O) groups excluding carboxylic acids is 2. The summed E-state index contributed by atoms with van der Waals surface area (Å²) in [7, 11) is 0. The third-order valence-electron chi connectivity index (χ3n) is 3.86. The monoisotopic (exact) mass is 528 g/mol. The van der Waals surface area contributed by atoms with E-state index in [4.69, 9.17) is 23.8 Å². The van der Waals surface area contributed by atoms with Gasteiger partial charge in [0.15, 0.2) is 5.11 Å². The van der Waals surface area contributed by atoms with Crippen LogP contribution in [-0.4, -0.2) is 22.0 Å². The molecule has 0 atom stereocenters. The lowest BCUT2D eigenvalue weighted by Gasteiger charge is -2.30. The molecule has 0 spiro atoms. The van der Waals surface area contributed by atoms with Gasteiger partial charge in [0.1, 0.15) is 11.3 Å². The molecule has 138 valence electrons. The van der Waals surface area contributed by atoms with E-state index in [-0.39, 0.29) is 22.0 Å². The first kappa shape index (κ1) is 20.0. The molecular formula is C18H11Br2ClN2O3S. The normalized spacial score (nSPS) is 16.1. The first-order valence-corrected chi connectivity index (χ1v) is 9.92. The van der Waals surface area contributed by atoms with Crippen LogP contribution >= 0.6 is 55.7 Å². The molecule has 0 bridgehead atoms. The maximum absolute atomic E-state index is 13.0. The average molecular weight is 531 g/mol. The van der Waals surface area contributed by atoms with E-state index < -0.39 is 11.8 Å². The minimum Gasteiger partial charge on any atom is -0.506 e. The first-order chi connectivity index (χ1) is 12.7. The molecular weight excluding hydrogens is 520 g/mol. The lowest BCUT2D eigenvalue weighted by molar-refractivity contribution is -0.122. The van der Waals surface area contributed by atoms with Crippen LogP contribution in [0, 0.1) is 6.92 Å². The van der Waals surface area contributed by atoms with Crippen LogP contribution in [0.5, 0.6) is 5.75 Å². The predicted molar refractivity (Wildman–Crippen MR) is 116 cm³/mol. The number of nitrogens with one attached hydrogen (secondary N) is 1. The fourth-order valence-electron chi connectivity index (χ4n) is 2.60. The number of rotatable bonds is 2. The topological polar surface area (TPSA) is 69.6 Å². The summed E-state index contributed by atoms with van der Waals surface area (Å²) in [4.78, 5) is 26.7. The molecule has 2 amide bonds. The van der Waals surface area contributed by atoms with E-state index >= 15 is 0 Å². The van der Waals surface area contributed by atoms with E-state index in [1.807, 2.05) is 13.0 Å². The molecule has 2 N–H and O–H groups in total. The van der Waals surface area contributed by atoms with Crippen LogP contribution in [0.15, 0.2) is 44.9 Å². The molecule has 1 heterocycles. The number of aryl methyl sites for hydroxylation is 1. The summed E-state index contributed by atoms with van der Waals surface area (Å²) in [6, 6.07) is 8.31. The predicted octanol–water partition coefficient (Wildman–Crippen LogP) is 4.71. The Hall–Kier alpha value is -1.74. The quantitative estimate of drug-likeness (QED) is 0.335. The van der Waals surface area contributed by atoms with Crippen LogP contribution in [-0.2, 0) is 9.59 Å². The van der Waals surface area contributed by atoms with Crippen LogP contribution in [0.2, 0.25) is 5.02 Å². The van der Waals surface area contributed by atoms with Crippen LogP contribution in [0.25, 0.3) is 6.08 Å². The zero-order valence-electron chi connectivity index (χ0n) is 13.7. The Morgan fingerprint density at radius 1 is 1.22 bits per heavy atom. The molecule has 27 heavy (non-hydrogen) atoms. The Kier molecular flexibility index (Phi) is 5.71. The van der Waals surface area contributed by atoms with E-state index in [9.17, 15) is 14.7 Å². The average Bonchev–Trinajstić information content (AvgIpc) is 2.57. The number of halogens is 3. The molecule has 2 aromatic carbocycles. The van der Waals surface area contributed by atoms with E-state index in [2.05, 4.69) is 37.2 Å². The Bertz CT molecular complexity index is 1040. The Balaban J connectivity index is 2.11. The van der Waals surface area contributed by atoms with Gasteiger partial charge in [-0.25, -0.2) is 0 Å². The van der Waals surface area contributed by atoms with Crippen LogP contribution in [0.1, 0.15) is 11.1 Å². The van der Waals surface area contributed by atoms with Crippen LogP contribution in [0.4, 0.5) is 5.69 Å². The van der Waals surface area contributed by atoms with Gasteiger partial charge >= 0.3 is 0 Å². The van der Waals surface area contributed by atoms with Gasteiger partial charge in [-0.05, 0) is 77.0 Å². The van der Waals surface area contributed by atoms with Crippen molar-refractivity contribution in [3.63, 3.8) is 0 Å². The smallest absolute Gasteiger partial charge is 0.270 e. The van der Waals surface area contributed by atoms with Gasteiger partial charge in [0.2, 0.25) is 0 Å². The summed E-state index contributed by atoms with van der Waals surface area (Å²) in [6.45, 7) is 1.83. The van der Waals surface area contributed by atoms with Crippen molar-refractivity contribution in [1.29, 1.82) is 0 Å². The first-order valence-electron chi connectivity index (χ1n) is 7.54. The summed E-state index contributed by atoms with van der Waals surface area (Å²) in [6.07, 6.45) is 1.28. The second kappa shape index (κ2) is 7.71. The van der Waals surface area contributed by atoms with Crippen molar-refractivity contribution >= 4 is 84.4 Å². The summed E-state index contributed by atoms with van der Waals surface area (Å²) < 4.78 is 1.20. The molecule has 1 aliphatic heterocycles. The molecule has 0 aliphatic carbocycles. The summed E-state index contributed by atoms with van der Waals surface area (Å²) in [5.74, 6) is -1.37. The number of hydrogen-bond donors (Lipinski definition) is 2. The van der Waals surface area contributed by atoms with Gasteiger partial charge in [0.05, 0.1) is 10.2 Å². The lowest BCUT2D eigenvalue weighted by Crippen LogP contribution is -2.54. The highest BCUT2D eigenvalue weighted by Crippen LogP contribution is 2.34. The molecule has 1 saturated heterocycles. The number of phenolic OH excluding ortho intramolecular Hbond substituents is 1. The molecule has 5 nitrogen and oxygen atoms in total. The van der Waals surface area contributed by atoms with E-state index in [0.29, 0.717) is 15.2 Å². The number of benzene rings is 2. The lowest BCUT2D eigenvalue weighted by atomic mass is 10.1. The zero-order valence-corrected chi connectivity index (χ0v) is 18.5.